The van der Waals surface area contributed by atoms with Crippen LogP contribution in [0.15, 0.2) is 71.6 Å². The molecule has 2 aromatic carbocycles. The summed E-state index contributed by atoms with van der Waals surface area (Å²) >= 11 is 1.76. The summed E-state index contributed by atoms with van der Waals surface area (Å²) < 4.78 is 0. The van der Waals surface area contributed by atoms with Crippen LogP contribution in [0.1, 0.15) is 55.6 Å². The maximum Gasteiger partial charge on any atom is 0.310 e. The number of nitrogens with zero attached hydrogens (tertiary/aromatic N) is 1. The lowest BCUT2D eigenvalue weighted by Gasteiger charge is -2.25. The van der Waals surface area contributed by atoms with E-state index in [0.717, 1.165) is 22.7 Å². The fraction of sp³-hybridized carbons (Fsp3) is 0.276. The Labute approximate surface area is 211 Å². The van der Waals surface area contributed by atoms with Crippen molar-refractivity contribution in [2.75, 3.05) is 5.32 Å². The molecule has 3 aromatic rings. The topological polar surface area (TPSA) is 79.3 Å². The molecular formula is C29H32N2O3S. The van der Waals surface area contributed by atoms with E-state index in [1.165, 1.54) is 10.5 Å². The molecule has 1 heterocycles. The van der Waals surface area contributed by atoms with Crippen molar-refractivity contribution < 1.29 is 14.7 Å². The third-order valence-electron chi connectivity index (χ3n) is 6.13. The number of carboxylic acid groups (broad SMARTS) is 1. The molecule has 1 amide bonds. The molecule has 182 valence electrons. The van der Waals surface area contributed by atoms with Gasteiger partial charge in [0.05, 0.1) is 16.8 Å². The third-order valence-corrected chi connectivity index (χ3v) is 7.16. The molecule has 0 bridgehead atoms. The fourth-order valence-corrected chi connectivity index (χ4v) is 4.75. The number of nitrogens with one attached hydrogen (secondary N) is 1. The van der Waals surface area contributed by atoms with E-state index >= 15 is 0 Å². The van der Waals surface area contributed by atoms with Gasteiger partial charge in [0, 0.05) is 22.8 Å². The largest absolute Gasteiger partial charge is 0.481 e. The summed E-state index contributed by atoms with van der Waals surface area (Å²) in [5.41, 5.74) is 3.64. The van der Waals surface area contributed by atoms with Crippen LogP contribution in [0.25, 0.3) is 12.2 Å². The van der Waals surface area contributed by atoms with E-state index in [1.54, 1.807) is 31.7 Å². The molecule has 0 fully saturated rings. The molecule has 0 atom stereocenters. The number of hydrogen-bond acceptors (Lipinski definition) is 4. The first-order valence-corrected chi connectivity index (χ1v) is 12.8. The smallest absolute Gasteiger partial charge is 0.310 e. The van der Waals surface area contributed by atoms with E-state index in [2.05, 4.69) is 36.5 Å². The van der Waals surface area contributed by atoms with E-state index in [0.29, 0.717) is 18.5 Å². The Bertz CT molecular complexity index is 1200. The molecular weight excluding hydrogens is 456 g/mol. The van der Waals surface area contributed by atoms with Gasteiger partial charge in [0.25, 0.3) is 0 Å². The highest BCUT2D eigenvalue weighted by atomic mass is 32.2. The molecule has 3 rings (SSSR count). The highest BCUT2D eigenvalue weighted by Crippen LogP contribution is 2.31. The summed E-state index contributed by atoms with van der Waals surface area (Å²) in [7, 11) is 0. The zero-order valence-corrected chi connectivity index (χ0v) is 21.3. The molecule has 35 heavy (non-hydrogen) atoms. The van der Waals surface area contributed by atoms with Crippen LogP contribution in [0.3, 0.4) is 0 Å². The second-order valence-corrected chi connectivity index (χ2v) is 9.68. The standard InChI is InChI=1S/C29H32N2O3S/c1-4-29(5-2,28(33)34)19-27(32)31-24-12-7-10-22(18-24)15-16-23-11-8-13-25(30-23)20-35-26-14-6-9-21(3)17-26/h6-18H,4-5,19-20H2,1-3H3,(H,31,32)(H,33,34)/b16-15+. The lowest BCUT2D eigenvalue weighted by Crippen LogP contribution is -2.34. The highest BCUT2D eigenvalue weighted by Gasteiger charge is 2.37. The summed E-state index contributed by atoms with van der Waals surface area (Å²) in [5, 5.41) is 12.4. The minimum atomic E-state index is -1.03. The summed E-state index contributed by atoms with van der Waals surface area (Å²) in [5.74, 6) is -0.431. The van der Waals surface area contributed by atoms with Crippen molar-refractivity contribution >= 4 is 41.5 Å². The molecule has 5 nitrogen and oxygen atoms in total. The second kappa shape index (κ2) is 12.4. The predicted molar refractivity (Wildman–Crippen MR) is 144 cm³/mol. The number of thioether (sulfide) groups is 1. The average Bonchev–Trinajstić information content (AvgIpc) is 2.85. The van der Waals surface area contributed by atoms with E-state index in [1.807, 2.05) is 48.6 Å². The molecule has 1 aromatic heterocycles. The Morgan fingerprint density at radius 1 is 1.00 bits per heavy atom. The van der Waals surface area contributed by atoms with Gasteiger partial charge in [-0.1, -0.05) is 55.8 Å². The molecule has 0 aliphatic carbocycles. The monoisotopic (exact) mass is 488 g/mol. The van der Waals surface area contributed by atoms with Gasteiger partial charge in [0.1, 0.15) is 0 Å². The van der Waals surface area contributed by atoms with Crippen LogP contribution < -0.4 is 5.32 Å². The Morgan fingerprint density at radius 3 is 2.46 bits per heavy atom. The van der Waals surface area contributed by atoms with Crippen LogP contribution in [-0.2, 0) is 15.3 Å². The van der Waals surface area contributed by atoms with Crippen LogP contribution in [0.5, 0.6) is 0 Å². The van der Waals surface area contributed by atoms with E-state index in [9.17, 15) is 14.7 Å². The van der Waals surface area contributed by atoms with Crippen molar-refractivity contribution in [2.24, 2.45) is 5.41 Å². The van der Waals surface area contributed by atoms with Crippen molar-refractivity contribution in [3.63, 3.8) is 0 Å². The van der Waals surface area contributed by atoms with Crippen LogP contribution in [0.2, 0.25) is 0 Å². The summed E-state index contributed by atoms with van der Waals surface area (Å²) in [6.07, 6.45) is 4.67. The maximum absolute atomic E-state index is 12.6. The van der Waals surface area contributed by atoms with Gasteiger partial charge >= 0.3 is 5.97 Å². The number of benzene rings is 2. The Balaban J connectivity index is 1.63. The van der Waals surface area contributed by atoms with Gasteiger partial charge in [-0.3, -0.25) is 14.6 Å². The van der Waals surface area contributed by atoms with Gasteiger partial charge in [-0.2, -0.15) is 0 Å². The maximum atomic E-state index is 12.6. The minimum absolute atomic E-state index is 0.0489. The highest BCUT2D eigenvalue weighted by molar-refractivity contribution is 7.98. The van der Waals surface area contributed by atoms with Crippen LogP contribution in [0.4, 0.5) is 5.69 Å². The number of amides is 1. The second-order valence-electron chi connectivity index (χ2n) is 8.64. The van der Waals surface area contributed by atoms with Crippen LogP contribution >= 0.6 is 11.8 Å². The first kappa shape index (κ1) is 26.2. The first-order chi connectivity index (χ1) is 16.8. The molecule has 2 N–H and O–H groups in total. The van der Waals surface area contributed by atoms with E-state index in [-0.39, 0.29) is 12.3 Å². The Hall–Kier alpha value is -3.38. The Kier molecular flexibility index (Phi) is 9.26. The van der Waals surface area contributed by atoms with Crippen molar-refractivity contribution in [3.05, 3.63) is 89.2 Å². The number of anilines is 1. The molecule has 0 spiro atoms. The lowest BCUT2D eigenvalue weighted by molar-refractivity contribution is -0.151. The Morgan fingerprint density at radius 2 is 1.74 bits per heavy atom. The fourth-order valence-electron chi connectivity index (χ4n) is 3.83. The van der Waals surface area contributed by atoms with Crippen LogP contribution in [-0.4, -0.2) is 22.0 Å². The number of carbonyl (C=O) groups is 2. The molecule has 0 aliphatic rings. The van der Waals surface area contributed by atoms with Crippen molar-refractivity contribution in [1.29, 1.82) is 0 Å². The minimum Gasteiger partial charge on any atom is -0.481 e. The van der Waals surface area contributed by atoms with Gasteiger partial charge in [-0.05, 0) is 67.8 Å². The summed E-state index contributed by atoms with van der Waals surface area (Å²) in [6, 6.07) is 21.9. The number of aryl methyl sites for hydroxylation is 1. The van der Waals surface area contributed by atoms with Gasteiger partial charge in [0.2, 0.25) is 5.91 Å². The lowest BCUT2D eigenvalue weighted by atomic mass is 9.79. The zero-order valence-electron chi connectivity index (χ0n) is 20.5. The van der Waals surface area contributed by atoms with Crippen molar-refractivity contribution in [1.82, 2.24) is 4.98 Å². The van der Waals surface area contributed by atoms with E-state index in [4.69, 9.17) is 4.98 Å². The number of pyridine rings is 1. The zero-order chi connectivity index (χ0) is 25.3. The number of rotatable bonds is 11. The average molecular weight is 489 g/mol. The number of aliphatic carboxylic acids is 1. The third kappa shape index (κ3) is 7.55. The first-order valence-electron chi connectivity index (χ1n) is 11.8. The normalized spacial score (nSPS) is 11.5. The molecule has 0 radical (unpaired) electrons. The van der Waals surface area contributed by atoms with Gasteiger partial charge in [-0.25, -0.2) is 0 Å². The molecule has 6 heteroatoms. The molecule has 0 saturated carbocycles. The predicted octanol–water partition coefficient (Wildman–Crippen LogP) is 7.07. The van der Waals surface area contributed by atoms with Gasteiger partial charge < -0.3 is 10.4 Å². The number of carbonyl (C=O) groups excluding carboxylic acids is 1. The number of aromatic nitrogens is 1. The van der Waals surface area contributed by atoms with Crippen molar-refractivity contribution in [3.8, 4) is 0 Å². The molecule has 0 saturated heterocycles. The summed E-state index contributed by atoms with van der Waals surface area (Å²) in [6.45, 7) is 5.70. The molecule has 0 aliphatic heterocycles. The number of carboxylic acids is 1. The summed E-state index contributed by atoms with van der Waals surface area (Å²) in [4.78, 5) is 30.2. The quantitative estimate of drug-likeness (QED) is 0.282. The van der Waals surface area contributed by atoms with Gasteiger partial charge in [-0.15, -0.1) is 11.8 Å². The van der Waals surface area contributed by atoms with E-state index < -0.39 is 11.4 Å². The molecule has 0 unspecified atom stereocenters. The van der Waals surface area contributed by atoms with Gasteiger partial charge in [0.15, 0.2) is 0 Å². The van der Waals surface area contributed by atoms with Crippen molar-refractivity contribution in [2.45, 2.75) is 50.7 Å². The number of hydrogen-bond donors (Lipinski definition) is 2. The SMILES string of the molecule is CCC(CC)(CC(=O)Nc1cccc(/C=C/c2cccc(CSc3cccc(C)c3)n2)c1)C(=O)O. The van der Waals surface area contributed by atoms with Crippen LogP contribution in [0, 0.1) is 12.3 Å².